The summed E-state index contributed by atoms with van der Waals surface area (Å²) in [7, 11) is 0. The fraction of sp³-hybridized carbons (Fsp3) is 0. The molecule has 0 aliphatic carbocycles. The third kappa shape index (κ3) is 1.65. The normalized spacial score (nSPS) is 10.9. The predicted octanol–water partition coefficient (Wildman–Crippen LogP) is 3.11. The molecule has 0 N–H and O–H groups in total. The van der Waals surface area contributed by atoms with Crippen molar-refractivity contribution in [1.29, 1.82) is 0 Å². The highest BCUT2D eigenvalue weighted by Crippen LogP contribution is 2.26. The Morgan fingerprint density at radius 1 is 1.44 bits per heavy atom. The van der Waals surface area contributed by atoms with Crippen LogP contribution < -0.4 is 0 Å². The monoisotopic (exact) mass is 263 g/mol. The summed E-state index contributed by atoms with van der Waals surface area (Å²) in [5, 5.41) is 12.6. The lowest BCUT2D eigenvalue weighted by Gasteiger charge is -1.97. The molecule has 0 aliphatic heterocycles. The Bertz CT molecular complexity index is 721. The minimum absolute atomic E-state index is 0.527. The van der Waals surface area contributed by atoms with Gasteiger partial charge >= 0.3 is 5.69 Å². The molecule has 0 radical (unpaired) electrons. The molecule has 0 amide bonds. The van der Waals surface area contributed by atoms with E-state index < -0.39 is 16.4 Å². The number of hydrogen-bond acceptors (Lipinski definition) is 4. The number of thiazole rings is 1. The molecule has 0 atom stereocenters. The molecule has 7 heteroatoms. The van der Waals surface area contributed by atoms with Crippen LogP contribution in [0.15, 0.2) is 36.0 Å². The van der Waals surface area contributed by atoms with E-state index in [9.17, 15) is 14.5 Å². The van der Waals surface area contributed by atoms with Crippen molar-refractivity contribution in [2.75, 3.05) is 0 Å². The van der Waals surface area contributed by atoms with Crippen LogP contribution in [0.1, 0.15) is 0 Å². The van der Waals surface area contributed by atoms with Crippen molar-refractivity contribution in [3.05, 3.63) is 51.9 Å². The molecule has 0 aliphatic rings. The quantitative estimate of drug-likeness (QED) is 0.527. The van der Waals surface area contributed by atoms with Gasteiger partial charge in [-0.05, 0) is 12.1 Å². The third-order valence-corrected chi connectivity index (χ3v) is 3.30. The predicted molar refractivity (Wildman–Crippen MR) is 65.1 cm³/mol. The highest BCUT2D eigenvalue weighted by Gasteiger charge is 2.16. The average Bonchev–Trinajstić information content (AvgIpc) is 2.89. The number of nitrogens with zero attached hydrogens (tertiary/aromatic N) is 3. The Labute approximate surface area is 104 Å². The first kappa shape index (κ1) is 10.8. The number of benzene rings is 1. The summed E-state index contributed by atoms with van der Waals surface area (Å²) < 4.78 is 15.0. The summed E-state index contributed by atoms with van der Waals surface area (Å²) in [5.74, 6) is -0.843. The minimum atomic E-state index is -0.843. The maximum Gasteiger partial charge on any atom is 0.305 e. The maximum atomic E-state index is 13.2. The topological polar surface area (TPSA) is 60.4 Å². The summed E-state index contributed by atoms with van der Waals surface area (Å²) in [5.41, 5.74) is 0.577. The van der Waals surface area contributed by atoms with Gasteiger partial charge in [0.25, 0.3) is 0 Å². The van der Waals surface area contributed by atoms with Crippen LogP contribution >= 0.6 is 11.3 Å². The number of halogens is 1. The molecule has 5 nitrogen and oxygen atoms in total. The lowest BCUT2D eigenvalue weighted by atomic mass is 10.1. The van der Waals surface area contributed by atoms with E-state index in [0.29, 0.717) is 11.3 Å². The van der Waals surface area contributed by atoms with Gasteiger partial charge in [0.1, 0.15) is 0 Å². The Morgan fingerprint density at radius 3 is 3.00 bits per heavy atom. The first-order valence-corrected chi connectivity index (χ1v) is 5.89. The molecule has 90 valence electrons. The highest BCUT2D eigenvalue weighted by molar-refractivity contribution is 7.15. The second kappa shape index (κ2) is 3.88. The highest BCUT2D eigenvalue weighted by atomic mass is 32.1. The lowest BCUT2D eigenvalue weighted by molar-refractivity contribution is -0.387. The van der Waals surface area contributed by atoms with Gasteiger partial charge in [-0.3, -0.25) is 14.5 Å². The van der Waals surface area contributed by atoms with E-state index in [1.165, 1.54) is 23.5 Å². The molecular weight excluding hydrogens is 257 g/mol. The van der Waals surface area contributed by atoms with Crippen molar-refractivity contribution in [3.8, 4) is 11.3 Å². The zero-order valence-electron chi connectivity index (χ0n) is 8.91. The molecule has 0 saturated carbocycles. The van der Waals surface area contributed by atoms with Crippen molar-refractivity contribution >= 4 is 22.0 Å². The fourth-order valence-corrected chi connectivity index (χ4v) is 2.38. The molecule has 0 bridgehead atoms. The van der Waals surface area contributed by atoms with Gasteiger partial charge in [0.15, 0.2) is 4.96 Å². The maximum absolute atomic E-state index is 13.2. The van der Waals surface area contributed by atoms with Gasteiger partial charge in [-0.2, -0.15) is 4.39 Å². The molecule has 3 rings (SSSR count). The SMILES string of the molecule is O=[N+]([O-])c1cc(-c2cn3ccsc3n2)ccc1F. The van der Waals surface area contributed by atoms with Gasteiger partial charge in [-0.1, -0.05) is 0 Å². The van der Waals surface area contributed by atoms with Crippen LogP contribution in [0.2, 0.25) is 0 Å². The van der Waals surface area contributed by atoms with Gasteiger partial charge in [-0.15, -0.1) is 11.3 Å². The third-order valence-electron chi connectivity index (χ3n) is 2.53. The first-order chi connectivity index (χ1) is 8.65. The number of fused-ring (bicyclic) bond motifs is 1. The number of hydrogen-bond donors (Lipinski definition) is 0. The number of aromatic nitrogens is 2. The second-order valence-electron chi connectivity index (χ2n) is 3.64. The van der Waals surface area contributed by atoms with Gasteiger partial charge in [0, 0.05) is 29.4 Å². The van der Waals surface area contributed by atoms with Crippen LogP contribution in [0.5, 0.6) is 0 Å². The summed E-state index contributed by atoms with van der Waals surface area (Å²) in [6, 6.07) is 3.76. The minimum Gasteiger partial charge on any atom is -0.297 e. The van der Waals surface area contributed by atoms with Crippen molar-refractivity contribution < 1.29 is 9.31 Å². The van der Waals surface area contributed by atoms with Crippen LogP contribution in [0.4, 0.5) is 10.1 Å². The van der Waals surface area contributed by atoms with Crippen LogP contribution in [0.3, 0.4) is 0 Å². The molecule has 18 heavy (non-hydrogen) atoms. The van der Waals surface area contributed by atoms with Crippen molar-refractivity contribution in [2.45, 2.75) is 0 Å². The van der Waals surface area contributed by atoms with E-state index in [0.717, 1.165) is 11.0 Å². The van der Waals surface area contributed by atoms with Crippen LogP contribution in [0, 0.1) is 15.9 Å². The molecular formula is C11H6FN3O2S. The molecule has 1 aromatic carbocycles. The van der Waals surface area contributed by atoms with E-state index in [4.69, 9.17) is 0 Å². The molecule has 2 heterocycles. The Hall–Kier alpha value is -2.28. The molecule has 0 saturated heterocycles. The van der Waals surface area contributed by atoms with E-state index in [1.54, 1.807) is 6.20 Å². The molecule has 2 aromatic heterocycles. The molecule has 0 spiro atoms. The molecule has 3 aromatic rings. The molecule has 0 fully saturated rings. The fourth-order valence-electron chi connectivity index (χ4n) is 1.68. The van der Waals surface area contributed by atoms with Crippen molar-refractivity contribution in [3.63, 3.8) is 0 Å². The zero-order chi connectivity index (χ0) is 12.7. The van der Waals surface area contributed by atoms with Gasteiger partial charge < -0.3 is 0 Å². The Balaban J connectivity index is 2.14. The number of rotatable bonds is 2. The molecule has 0 unspecified atom stereocenters. The summed E-state index contributed by atoms with van der Waals surface area (Å²) >= 11 is 1.46. The van der Waals surface area contributed by atoms with Crippen LogP contribution in [-0.2, 0) is 0 Å². The van der Waals surface area contributed by atoms with Crippen LogP contribution in [-0.4, -0.2) is 14.3 Å². The van der Waals surface area contributed by atoms with Gasteiger partial charge in [0.05, 0.1) is 10.6 Å². The largest absolute Gasteiger partial charge is 0.305 e. The second-order valence-corrected chi connectivity index (χ2v) is 4.52. The average molecular weight is 263 g/mol. The zero-order valence-corrected chi connectivity index (χ0v) is 9.72. The standard InChI is InChI=1S/C11H6FN3O2S/c12-8-2-1-7(5-10(8)15(16)17)9-6-14-3-4-18-11(14)13-9/h1-6H. The summed E-state index contributed by atoms with van der Waals surface area (Å²) in [6.45, 7) is 0. The van der Waals surface area contributed by atoms with Crippen molar-refractivity contribution in [1.82, 2.24) is 9.38 Å². The van der Waals surface area contributed by atoms with Gasteiger partial charge in [-0.25, -0.2) is 4.98 Å². The van der Waals surface area contributed by atoms with Gasteiger partial charge in [0.2, 0.25) is 5.82 Å². The lowest BCUT2D eigenvalue weighted by Crippen LogP contribution is -1.92. The number of nitro groups is 1. The summed E-state index contributed by atoms with van der Waals surface area (Å²) in [6.07, 6.45) is 3.59. The summed E-state index contributed by atoms with van der Waals surface area (Å²) in [4.78, 5) is 15.0. The first-order valence-electron chi connectivity index (χ1n) is 5.01. The number of imidazole rings is 1. The van der Waals surface area contributed by atoms with E-state index in [2.05, 4.69) is 4.98 Å². The van der Waals surface area contributed by atoms with E-state index in [1.807, 2.05) is 16.0 Å². The van der Waals surface area contributed by atoms with Crippen LogP contribution in [0.25, 0.3) is 16.2 Å². The van der Waals surface area contributed by atoms with Crippen molar-refractivity contribution in [2.24, 2.45) is 0 Å². The Kier molecular flexibility index (Phi) is 2.34. The smallest absolute Gasteiger partial charge is 0.297 e. The number of nitro benzene ring substituents is 1. The van der Waals surface area contributed by atoms with E-state index >= 15 is 0 Å². The van der Waals surface area contributed by atoms with E-state index in [-0.39, 0.29) is 0 Å². The Morgan fingerprint density at radius 2 is 2.28 bits per heavy atom.